The molecule has 0 unspecified atom stereocenters. The Morgan fingerprint density at radius 3 is 3.14 bits per heavy atom. The minimum Gasteiger partial charge on any atom is -0.479 e. The summed E-state index contributed by atoms with van der Waals surface area (Å²) in [6.45, 7) is -0.243. The number of hydrogen-bond donors (Lipinski definition) is 2. The Labute approximate surface area is 124 Å². The van der Waals surface area contributed by atoms with E-state index in [1.54, 1.807) is 4.57 Å². The number of rotatable bonds is 4. The number of anilines is 1. The summed E-state index contributed by atoms with van der Waals surface area (Å²) < 4.78 is 12.6. The first-order valence-corrected chi connectivity index (χ1v) is 6.52. The first-order chi connectivity index (χ1) is 10.7. The van der Waals surface area contributed by atoms with Crippen molar-refractivity contribution in [3.05, 3.63) is 16.8 Å². The lowest BCUT2D eigenvalue weighted by Gasteiger charge is -2.15. The van der Waals surface area contributed by atoms with Crippen molar-refractivity contribution in [2.45, 2.75) is 24.8 Å². The highest BCUT2D eigenvalue weighted by molar-refractivity contribution is 5.77. The summed E-state index contributed by atoms with van der Waals surface area (Å²) in [4.78, 5) is 15.0. The van der Waals surface area contributed by atoms with Gasteiger partial charge in [-0.05, 0) is 5.53 Å². The van der Waals surface area contributed by atoms with Gasteiger partial charge in [0, 0.05) is 11.3 Å². The van der Waals surface area contributed by atoms with E-state index in [0.717, 1.165) is 0 Å². The topological polar surface area (TPSA) is 157 Å². The number of hydrogen-bond acceptors (Lipinski definition) is 8. The number of imidazole rings is 1. The number of nitrogen functional groups attached to an aromatic ring is 1. The third-order valence-corrected chi connectivity index (χ3v) is 3.50. The van der Waals surface area contributed by atoms with Crippen LogP contribution >= 0.6 is 0 Å². The predicted octanol–water partition coefficient (Wildman–Crippen LogP) is 0.376. The maximum Gasteiger partial charge on any atom is 0.245 e. The van der Waals surface area contributed by atoms with E-state index in [9.17, 15) is 5.11 Å². The van der Waals surface area contributed by atoms with Gasteiger partial charge in [-0.3, -0.25) is 4.57 Å². The Bertz CT molecular complexity index is 740. The highest BCUT2D eigenvalue weighted by Crippen LogP contribution is 2.34. The van der Waals surface area contributed by atoms with Crippen LogP contribution in [0.25, 0.3) is 21.6 Å². The molecule has 11 nitrogen and oxygen atoms in total. The van der Waals surface area contributed by atoms with Gasteiger partial charge >= 0.3 is 0 Å². The van der Waals surface area contributed by atoms with Crippen LogP contribution in [0.4, 0.5) is 5.95 Å². The third kappa shape index (κ3) is 2.26. The summed E-state index contributed by atoms with van der Waals surface area (Å²) in [6.07, 6.45) is 0.880. The summed E-state index contributed by atoms with van der Waals surface area (Å²) in [5, 5.41) is 13.0. The van der Waals surface area contributed by atoms with E-state index >= 15 is 0 Å². The minimum atomic E-state index is -0.570. The number of aliphatic hydroxyl groups is 1. The normalized spacial score (nSPS) is 24.4. The van der Waals surface area contributed by atoms with E-state index in [-0.39, 0.29) is 18.4 Å². The third-order valence-electron chi connectivity index (χ3n) is 3.50. The van der Waals surface area contributed by atoms with Gasteiger partial charge in [-0.25, -0.2) is 4.98 Å². The maximum atomic E-state index is 9.33. The lowest BCUT2D eigenvalue weighted by atomic mass is 10.1. The molecule has 3 atom stereocenters. The van der Waals surface area contributed by atoms with Crippen molar-refractivity contribution >= 4 is 17.1 Å². The molecule has 1 fully saturated rings. The molecule has 22 heavy (non-hydrogen) atoms. The van der Waals surface area contributed by atoms with Gasteiger partial charge in [0.25, 0.3) is 0 Å². The van der Waals surface area contributed by atoms with Gasteiger partial charge in [0.05, 0.1) is 32.2 Å². The standard InChI is InChI=1S/C11H14N8O3/c1-21-10-8-9(15-11(12)16-10)14-4-19(8)7-2-5(17-18-13)6(3-20)22-7/h4-7,20H,2-3H2,1H3,(H2,12,15,16)/t5-,6+,7+/m0/s1. The first kappa shape index (κ1) is 14.3. The Balaban J connectivity index is 2.02. The van der Waals surface area contributed by atoms with E-state index in [1.165, 1.54) is 13.4 Å². The summed E-state index contributed by atoms with van der Waals surface area (Å²) in [5.74, 6) is 0.332. The minimum absolute atomic E-state index is 0.0575. The summed E-state index contributed by atoms with van der Waals surface area (Å²) in [6, 6.07) is -0.460. The fourth-order valence-electron chi connectivity index (χ4n) is 2.53. The van der Waals surface area contributed by atoms with Crippen molar-refractivity contribution in [3.8, 4) is 5.88 Å². The molecule has 0 spiro atoms. The number of azide groups is 1. The molecule has 2 aromatic rings. The van der Waals surface area contributed by atoms with Gasteiger partial charge in [-0.1, -0.05) is 5.11 Å². The van der Waals surface area contributed by atoms with E-state index < -0.39 is 18.4 Å². The molecule has 3 rings (SSSR count). The summed E-state index contributed by atoms with van der Waals surface area (Å²) in [7, 11) is 1.47. The largest absolute Gasteiger partial charge is 0.479 e. The van der Waals surface area contributed by atoms with Crippen molar-refractivity contribution in [1.29, 1.82) is 0 Å². The van der Waals surface area contributed by atoms with Crippen LogP contribution in [0.1, 0.15) is 12.6 Å². The quantitative estimate of drug-likeness (QED) is 0.469. The lowest BCUT2D eigenvalue weighted by Crippen LogP contribution is -2.22. The predicted molar refractivity (Wildman–Crippen MR) is 74.8 cm³/mol. The van der Waals surface area contributed by atoms with Gasteiger partial charge < -0.3 is 20.3 Å². The molecule has 2 aromatic heterocycles. The van der Waals surface area contributed by atoms with Crippen LogP contribution in [-0.2, 0) is 4.74 Å². The van der Waals surface area contributed by atoms with Crippen molar-refractivity contribution in [2.24, 2.45) is 5.11 Å². The zero-order chi connectivity index (χ0) is 15.7. The van der Waals surface area contributed by atoms with Crippen LogP contribution in [0.5, 0.6) is 5.88 Å². The molecular weight excluding hydrogens is 292 g/mol. The number of fused-ring (bicyclic) bond motifs is 1. The van der Waals surface area contributed by atoms with E-state index in [2.05, 4.69) is 25.0 Å². The van der Waals surface area contributed by atoms with Gasteiger partial charge in [0.15, 0.2) is 11.2 Å². The Morgan fingerprint density at radius 2 is 2.45 bits per heavy atom. The number of aromatic nitrogens is 4. The van der Waals surface area contributed by atoms with Gasteiger partial charge in [0.2, 0.25) is 11.8 Å². The van der Waals surface area contributed by atoms with Gasteiger partial charge in [-0.2, -0.15) is 9.97 Å². The SMILES string of the molecule is COc1nc(N)nc2ncn([C@H]3C[C@H](N=[N+]=[N-])[C@@H](CO)O3)c12. The van der Waals surface area contributed by atoms with Crippen molar-refractivity contribution < 1.29 is 14.6 Å². The monoisotopic (exact) mass is 306 g/mol. The smallest absolute Gasteiger partial charge is 0.245 e. The van der Waals surface area contributed by atoms with Crippen LogP contribution in [-0.4, -0.2) is 50.5 Å². The fraction of sp³-hybridized carbons (Fsp3) is 0.545. The van der Waals surface area contributed by atoms with E-state index in [4.69, 9.17) is 20.7 Å². The molecule has 0 aliphatic carbocycles. The van der Waals surface area contributed by atoms with Gasteiger partial charge in [-0.15, -0.1) is 0 Å². The number of ether oxygens (including phenoxy) is 2. The highest BCUT2D eigenvalue weighted by atomic mass is 16.5. The maximum absolute atomic E-state index is 9.33. The van der Waals surface area contributed by atoms with Crippen molar-refractivity contribution in [3.63, 3.8) is 0 Å². The van der Waals surface area contributed by atoms with Gasteiger partial charge in [0.1, 0.15) is 6.23 Å². The summed E-state index contributed by atoms with van der Waals surface area (Å²) >= 11 is 0. The van der Waals surface area contributed by atoms with E-state index in [1.807, 2.05) is 0 Å². The molecule has 0 amide bonds. The average Bonchev–Trinajstić information content (AvgIpc) is 3.10. The Hall–Kier alpha value is -2.62. The molecule has 0 bridgehead atoms. The molecule has 0 aromatic carbocycles. The van der Waals surface area contributed by atoms with Crippen LogP contribution in [0.3, 0.4) is 0 Å². The van der Waals surface area contributed by atoms with Crippen molar-refractivity contribution in [2.75, 3.05) is 19.5 Å². The number of nitrogens with zero attached hydrogens (tertiary/aromatic N) is 7. The zero-order valence-electron chi connectivity index (χ0n) is 11.7. The molecular formula is C11H14N8O3. The van der Waals surface area contributed by atoms with Crippen LogP contribution < -0.4 is 10.5 Å². The second-order valence-electron chi connectivity index (χ2n) is 4.73. The Kier molecular flexibility index (Phi) is 3.67. The zero-order valence-corrected chi connectivity index (χ0v) is 11.7. The van der Waals surface area contributed by atoms with Crippen LogP contribution in [0.15, 0.2) is 11.4 Å². The number of aliphatic hydroxyl groups excluding tert-OH is 1. The Morgan fingerprint density at radius 1 is 1.64 bits per heavy atom. The molecule has 1 aliphatic heterocycles. The lowest BCUT2D eigenvalue weighted by molar-refractivity contribution is -0.0232. The second-order valence-corrected chi connectivity index (χ2v) is 4.73. The fourth-order valence-corrected chi connectivity index (χ4v) is 2.53. The molecule has 1 aliphatic rings. The molecule has 3 N–H and O–H groups in total. The number of methoxy groups -OCH3 is 1. The molecule has 0 saturated carbocycles. The molecule has 3 heterocycles. The molecule has 116 valence electrons. The van der Waals surface area contributed by atoms with Crippen molar-refractivity contribution in [1.82, 2.24) is 19.5 Å². The van der Waals surface area contributed by atoms with Crippen LogP contribution in [0, 0.1) is 0 Å². The highest BCUT2D eigenvalue weighted by Gasteiger charge is 2.36. The van der Waals surface area contributed by atoms with Crippen LogP contribution in [0.2, 0.25) is 0 Å². The molecule has 1 saturated heterocycles. The average molecular weight is 306 g/mol. The summed E-state index contributed by atoms with van der Waals surface area (Å²) in [5.41, 5.74) is 15.1. The molecule has 0 radical (unpaired) electrons. The van der Waals surface area contributed by atoms with E-state index in [0.29, 0.717) is 17.6 Å². The second kappa shape index (κ2) is 5.64. The first-order valence-electron chi connectivity index (χ1n) is 6.52. The number of nitrogens with two attached hydrogens (primary N) is 1. The molecule has 11 heteroatoms.